The molecule has 7 aromatic carbocycles. The van der Waals surface area contributed by atoms with E-state index >= 15 is 0 Å². The Balaban J connectivity index is 1.04. The van der Waals surface area contributed by atoms with Crippen LogP contribution in [0, 0.1) is 0 Å². The summed E-state index contributed by atoms with van der Waals surface area (Å²) in [6.45, 7) is 0. The van der Waals surface area contributed by atoms with Crippen molar-refractivity contribution in [3.63, 3.8) is 0 Å². The van der Waals surface area contributed by atoms with Gasteiger partial charge in [-0.2, -0.15) is 0 Å². The molecular weight excluding hydrogens is 615 g/mol. The molecule has 0 amide bonds. The van der Waals surface area contributed by atoms with E-state index in [1.807, 2.05) is 78.9 Å². The van der Waals surface area contributed by atoms with Gasteiger partial charge in [-0.1, -0.05) is 127 Å². The highest BCUT2D eigenvalue weighted by Gasteiger charge is 2.16. The molecule has 5 heteroatoms. The van der Waals surface area contributed by atoms with Gasteiger partial charge < -0.3 is 8.83 Å². The van der Waals surface area contributed by atoms with Crippen LogP contribution >= 0.6 is 0 Å². The van der Waals surface area contributed by atoms with E-state index < -0.39 is 0 Å². The predicted octanol–water partition coefficient (Wildman–Crippen LogP) is 12.0. The Bertz CT molecular complexity index is 2810. The van der Waals surface area contributed by atoms with Crippen LogP contribution in [0.3, 0.4) is 0 Å². The molecule has 0 bridgehead atoms. The molecule has 0 saturated carbocycles. The number of furan rings is 2. The van der Waals surface area contributed by atoms with Gasteiger partial charge in [-0.15, -0.1) is 0 Å². The molecule has 3 heterocycles. The maximum absolute atomic E-state index is 6.53. The molecule has 0 aliphatic heterocycles. The zero-order valence-corrected chi connectivity index (χ0v) is 26.7. The molecule has 50 heavy (non-hydrogen) atoms. The van der Waals surface area contributed by atoms with E-state index in [1.165, 1.54) is 0 Å². The summed E-state index contributed by atoms with van der Waals surface area (Å²) in [7, 11) is 0. The first-order valence-electron chi connectivity index (χ1n) is 16.6. The third kappa shape index (κ3) is 4.75. The van der Waals surface area contributed by atoms with Crippen molar-refractivity contribution in [2.45, 2.75) is 0 Å². The summed E-state index contributed by atoms with van der Waals surface area (Å²) in [5.41, 5.74) is 10.5. The number of aromatic nitrogens is 3. The summed E-state index contributed by atoms with van der Waals surface area (Å²) in [5, 5.41) is 4.35. The average Bonchev–Trinajstić information content (AvgIpc) is 3.76. The van der Waals surface area contributed by atoms with E-state index in [4.69, 9.17) is 23.8 Å². The Morgan fingerprint density at radius 1 is 0.300 bits per heavy atom. The van der Waals surface area contributed by atoms with E-state index in [2.05, 4.69) is 84.9 Å². The topological polar surface area (TPSA) is 65.0 Å². The predicted molar refractivity (Wildman–Crippen MR) is 202 cm³/mol. The molecule has 10 rings (SSSR count). The number of hydrogen-bond acceptors (Lipinski definition) is 5. The Morgan fingerprint density at radius 3 is 1.52 bits per heavy atom. The fourth-order valence-corrected chi connectivity index (χ4v) is 6.87. The number of nitrogens with zero attached hydrogens (tertiary/aromatic N) is 3. The first-order chi connectivity index (χ1) is 24.7. The first kappa shape index (κ1) is 28.2. The van der Waals surface area contributed by atoms with Crippen LogP contribution in [0.1, 0.15) is 0 Å². The van der Waals surface area contributed by atoms with Gasteiger partial charge in [0, 0.05) is 43.8 Å². The van der Waals surface area contributed by atoms with E-state index in [9.17, 15) is 0 Å². The average molecular weight is 642 g/mol. The normalized spacial score (nSPS) is 11.6. The second kappa shape index (κ2) is 11.4. The fourth-order valence-electron chi connectivity index (χ4n) is 6.87. The highest BCUT2D eigenvalue weighted by Crippen LogP contribution is 2.38. The lowest BCUT2D eigenvalue weighted by Crippen LogP contribution is -2.00. The van der Waals surface area contributed by atoms with Crippen molar-refractivity contribution < 1.29 is 8.83 Å². The van der Waals surface area contributed by atoms with E-state index in [0.29, 0.717) is 17.5 Å². The number of rotatable bonds is 5. The van der Waals surface area contributed by atoms with Gasteiger partial charge in [-0.25, -0.2) is 15.0 Å². The minimum Gasteiger partial charge on any atom is -0.456 e. The third-order valence-corrected chi connectivity index (χ3v) is 9.34. The van der Waals surface area contributed by atoms with Crippen LogP contribution in [0.4, 0.5) is 0 Å². The first-order valence-corrected chi connectivity index (χ1v) is 16.6. The van der Waals surface area contributed by atoms with E-state index in [-0.39, 0.29) is 0 Å². The molecule has 10 aromatic rings. The monoisotopic (exact) mass is 641 g/mol. The lowest BCUT2D eigenvalue weighted by molar-refractivity contribution is 0.669. The molecule has 0 fully saturated rings. The summed E-state index contributed by atoms with van der Waals surface area (Å²) < 4.78 is 12.9. The van der Waals surface area contributed by atoms with Crippen molar-refractivity contribution in [1.82, 2.24) is 15.0 Å². The minimum atomic E-state index is 0.594. The Morgan fingerprint density at radius 2 is 0.800 bits per heavy atom. The highest BCUT2D eigenvalue weighted by atomic mass is 16.3. The van der Waals surface area contributed by atoms with Crippen molar-refractivity contribution in [3.05, 3.63) is 164 Å². The SMILES string of the molecule is c1ccc(-c2nc(-c3ccccc3)nc(-c3ccc4c(c3)oc3cc(-c5cccc(-c6cccc7c6oc6ccccc67)c5)ccc34)n2)cc1. The summed E-state index contributed by atoms with van der Waals surface area (Å²) in [5.74, 6) is 1.85. The second-order valence-corrected chi connectivity index (χ2v) is 12.4. The molecule has 0 N–H and O–H groups in total. The Labute approximate surface area is 287 Å². The number of hydrogen-bond donors (Lipinski definition) is 0. The van der Waals surface area contributed by atoms with Gasteiger partial charge in [0.1, 0.15) is 22.3 Å². The maximum atomic E-state index is 6.53. The number of benzene rings is 7. The van der Waals surface area contributed by atoms with Gasteiger partial charge in [0.15, 0.2) is 17.5 Å². The van der Waals surface area contributed by atoms with E-state index in [0.717, 1.165) is 82.8 Å². The molecular formula is C45H27N3O2. The van der Waals surface area contributed by atoms with Gasteiger partial charge >= 0.3 is 0 Å². The number of para-hydroxylation sites is 2. The second-order valence-electron chi connectivity index (χ2n) is 12.4. The summed E-state index contributed by atoms with van der Waals surface area (Å²) in [6, 6.07) is 55.8. The van der Waals surface area contributed by atoms with Gasteiger partial charge in [0.25, 0.3) is 0 Å². The molecule has 0 atom stereocenters. The largest absolute Gasteiger partial charge is 0.456 e. The van der Waals surface area contributed by atoms with Gasteiger partial charge in [-0.05, 0) is 53.1 Å². The minimum absolute atomic E-state index is 0.594. The van der Waals surface area contributed by atoms with Crippen molar-refractivity contribution in [2.24, 2.45) is 0 Å². The zero-order valence-electron chi connectivity index (χ0n) is 26.7. The summed E-state index contributed by atoms with van der Waals surface area (Å²) in [4.78, 5) is 14.6. The lowest BCUT2D eigenvalue weighted by atomic mass is 9.97. The Hall–Kier alpha value is -6.85. The molecule has 5 nitrogen and oxygen atoms in total. The molecule has 0 spiro atoms. The van der Waals surface area contributed by atoms with Crippen molar-refractivity contribution in [1.29, 1.82) is 0 Å². The van der Waals surface area contributed by atoms with Crippen LogP contribution < -0.4 is 0 Å². The summed E-state index contributed by atoms with van der Waals surface area (Å²) in [6.07, 6.45) is 0. The summed E-state index contributed by atoms with van der Waals surface area (Å²) >= 11 is 0. The molecule has 0 radical (unpaired) electrons. The maximum Gasteiger partial charge on any atom is 0.164 e. The molecule has 0 unspecified atom stereocenters. The van der Waals surface area contributed by atoms with Crippen LogP contribution in [0.25, 0.3) is 100 Å². The van der Waals surface area contributed by atoms with Gasteiger partial charge in [-0.3, -0.25) is 0 Å². The third-order valence-electron chi connectivity index (χ3n) is 9.34. The zero-order chi connectivity index (χ0) is 33.0. The van der Waals surface area contributed by atoms with Gasteiger partial charge in [0.2, 0.25) is 0 Å². The quantitative estimate of drug-likeness (QED) is 0.187. The standard InChI is InChI=1S/C45H27N3O2/c1-3-11-28(12-4-1)43-46-44(29-13-5-2-6-14-29)48-45(47-43)33-22-24-37-36-23-21-31(26-40(36)49-41(37)27-33)30-15-9-16-32(25-30)34-18-10-19-38-35-17-7-8-20-39(35)50-42(34)38/h1-27H. The van der Waals surface area contributed by atoms with Gasteiger partial charge in [0.05, 0.1) is 0 Å². The smallest absolute Gasteiger partial charge is 0.164 e. The fraction of sp³-hybridized carbons (Fsp3) is 0. The van der Waals surface area contributed by atoms with Crippen molar-refractivity contribution in [3.8, 4) is 56.4 Å². The Kier molecular flexibility index (Phi) is 6.42. The molecule has 0 aliphatic rings. The molecule has 234 valence electrons. The lowest BCUT2D eigenvalue weighted by Gasteiger charge is -2.08. The number of fused-ring (bicyclic) bond motifs is 6. The van der Waals surface area contributed by atoms with Crippen LogP contribution in [0.5, 0.6) is 0 Å². The van der Waals surface area contributed by atoms with Crippen molar-refractivity contribution >= 4 is 43.9 Å². The molecule has 0 aliphatic carbocycles. The highest BCUT2D eigenvalue weighted by molar-refractivity contribution is 6.10. The van der Waals surface area contributed by atoms with Crippen LogP contribution in [0.15, 0.2) is 173 Å². The van der Waals surface area contributed by atoms with Crippen LogP contribution in [0.2, 0.25) is 0 Å². The molecule has 3 aromatic heterocycles. The molecule has 0 saturated heterocycles. The van der Waals surface area contributed by atoms with Crippen LogP contribution in [-0.2, 0) is 0 Å². The van der Waals surface area contributed by atoms with Crippen LogP contribution in [-0.4, -0.2) is 15.0 Å². The van der Waals surface area contributed by atoms with Crippen molar-refractivity contribution in [2.75, 3.05) is 0 Å². The van der Waals surface area contributed by atoms with E-state index in [1.54, 1.807) is 0 Å².